The number of thiazole rings is 1. The Bertz CT molecular complexity index is 1300. The lowest BCUT2D eigenvalue weighted by Gasteiger charge is -2.08. The van der Waals surface area contributed by atoms with Crippen molar-refractivity contribution in [2.24, 2.45) is 15.3 Å². The number of amides is 2. The fraction of sp³-hybridized carbons (Fsp3) is 0.143. The molecule has 12 heteroatoms. The first kappa shape index (κ1) is 21.9. The molecule has 166 valence electrons. The van der Waals surface area contributed by atoms with E-state index in [-0.39, 0.29) is 11.6 Å². The summed E-state index contributed by atoms with van der Waals surface area (Å²) in [7, 11) is 0. The number of aromatic nitrogens is 1. The summed E-state index contributed by atoms with van der Waals surface area (Å²) in [5, 5.41) is 29.4. The van der Waals surface area contributed by atoms with Crippen LogP contribution < -0.4 is 10.3 Å². The number of hydrazone groups is 1. The molecule has 1 aliphatic heterocycles. The maximum absolute atomic E-state index is 12.9. The molecule has 1 unspecified atom stereocenters. The van der Waals surface area contributed by atoms with Gasteiger partial charge < -0.3 is 5.32 Å². The van der Waals surface area contributed by atoms with Crippen molar-refractivity contribution in [2.75, 3.05) is 10.3 Å². The molecule has 11 nitrogen and oxygen atoms in total. The van der Waals surface area contributed by atoms with Gasteiger partial charge in [0.25, 0.3) is 11.6 Å². The van der Waals surface area contributed by atoms with Gasteiger partial charge in [-0.25, -0.2) is 4.98 Å². The van der Waals surface area contributed by atoms with E-state index < -0.39 is 16.9 Å². The lowest BCUT2D eigenvalue weighted by Crippen LogP contribution is -2.29. The van der Waals surface area contributed by atoms with Crippen LogP contribution in [-0.2, 0) is 9.59 Å². The van der Waals surface area contributed by atoms with E-state index in [9.17, 15) is 19.7 Å². The van der Waals surface area contributed by atoms with E-state index in [1.54, 1.807) is 48.7 Å². The Morgan fingerprint density at radius 1 is 1.24 bits per heavy atom. The maximum Gasteiger partial charge on any atom is 0.282 e. The summed E-state index contributed by atoms with van der Waals surface area (Å²) in [5.41, 5.74) is 2.64. The quantitative estimate of drug-likeness (QED) is 0.324. The predicted octanol–water partition coefficient (Wildman–Crippen LogP) is 4.55. The molecule has 0 radical (unpaired) electrons. The molecule has 2 aromatic carbocycles. The lowest BCUT2D eigenvalue weighted by atomic mass is 10.1. The van der Waals surface area contributed by atoms with Crippen LogP contribution in [0.5, 0.6) is 0 Å². The third-order valence-corrected chi connectivity index (χ3v) is 5.41. The molecule has 1 aromatic heterocycles. The first-order valence-corrected chi connectivity index (χ1v) is 10.6. The zero-order valence-corrected chi connectivity index (χ0v) is 18.3. The van der Waals surface area contributed by atoms with Crippen LogP contribution in [0.4, 0.5) is 22.2 Å². The number of nitro benzene ring substituents is 1. The molecule has 0 bridgehead atoms. The first-order chi connectivity index (χ1) is 15.8. The van der Waals surface area contributed by atoms with Gasteiger partial charge in [-0.2, -0.15) is 20.3 Å². The average molecular weight is 463 g/mol. The van der Waals surface area contributed by atoms with Gasteiger partial charge in [-0.3, -0.25) is 19.7 Å². The minimum Gasteiger partial charge on any atom is -0.326 e. The summed E-state index contributed by atoms with van der Waals surface area (Å²) in [5.74, 6) is -0.574. The van der Waals surface area contributed by atoms with Crippen molar-refractivity contribution in [3.05, 3.63) is 64.0 Å². The number of carbonyl (C=O) groups is 2. The van der Waals surface area contributed by atoms with Crippen molar-refractivity contribution in [3.63, 3.8) is 0 Å². The molecule has 33 heavy (non-hydrogen) atoms. The number of hydrogen-bond acceptors (Lipinski definition) is 9. The topological polar surface area (TPSA) is 143 Å². The highest BCUT2D eigenvalue weighted by Crippen LogP contribution is 2.32. The molecule has 0 aliphatic carbocycles. The second-order valence-electron chi connectivity index (χ2n) is 7.06. The minimum absolute atomic E-state index is 0.0428. The van der Waals surface area contributed by atoms with Crippen LogP contribution >= 0.6 is 11.3 Å². The standard InChI is InChI=1S/C21H17N7O4S/c1-12-19(25-24-16-8-6-15(7-9-16)22-13(2)29)20(30)27(26-12)21-23-18(11-33-21)14-4-3-5-17(10-14)28(31)32/h3-11,19H,1-2H3,(H,22,29). The second kappa shape index (κ2) is 9.04. The van der Waals surface area contributed by atoms with Crippen LogP contribution in [0.15, 0.2) is 69.2 Å². The molecule has 2 amide bonds. The Hall–Kier alpha value is -4.32. The third kappa shape index (κ3) is 4.80. The van der Waals surface area contributed by atoms with Crippen molar-refractivity contribution < 1.29 is 14.5 Å². The summed E-state index contributed by atoms with van der Waals surface area (Å²) >= 11 is 1.19. The number of nitrogens with one attached hydrogen (secondary N) is 1. The van der Waals surface area contributed by atoms with Gasteiger partial charge in [0.2, 0.25) is 11.0 Å². The first-order valence-electron chi connectivity index (χ1n) is 9.70. The molecule has 1 aliphatic rings. The number of anilines is 2. The fourth-order valence-electron chi connectivity index (χ4n) is 3.04. The van der Waals surface area contributed by atoms with Gasteiger partial charge in [-0.1, -0.05) is 12.1 Å². The zero-order chi connectivity index (χ0) is 23.5. The van der Waals surface area contributed by atoms with E-state index in [4.69, 9.17) is 0 Å². The van der Waals surface area contributed by atoms with Crippen LogP contribution in [0.3, 0.4) is 0 Å². The Kier molecular flexibility index (Phi) is 6.00. The van der Waals surface area contributed by atoms with Crippen molar-refractivity contribution in [3.8, 4) is 11.3 Å². The third-order valence-electron chi connectivity index (χ3n) is 4.60. The maximum atomic E-state index is 12.9. The second-order valence-corrected chi connectivity index (χ2v) is 7.90. The molecule has 4 rings (SSSR count). The SMILES string of the molecule is CC(=O)Nc1ccc(N=NC2C(=O)N(c3nc(-c4cccc([N+](=O)[O-])c4)cs3)N=C2C)cc1. The number of azo groups is 1. The smallest absolute Gasteiger partial charge is 0.282 e. The van der Waals surface area contributed by atoms with E-state index in [0.29, 0.717) is 33.5 Å². The van der Waals surface area contributed by atoms with E-state index in [1.165, 1.54) is 35.4 Å². The molecule has 1 atom stereocenters. The molecular formula is C21H17N7O4S. The van der Waals surface area contributed by atoms with E-state index >= 15 is 0 Å². The van der Waals surface area contributed by atoms with Crippen LogP contribution in [-0.4, -0.2) is 33.5 Å². The molecule has 0 fully saturated rings. The number of hydrogen-bond donors (Lipinski definition) is 1. The molecule has 1 N–H and O–H groups in total. The van der Waals surface area contributed by atoms with Crippen molar-refractivity contribution >= 4 is 51.1 Å². The van der Waals surface area contributed by atoms with Crippen molar-refractivity contribution in [1.82, 2.24) is 4.98 Å². The highest BCUT2D eigenvalue weighted by Gasteiger charge is 2.36. The Morgan fingerprint density at radius 3 is 2.70 bits per heavy atom. The fourth-order valence-corrected chi connectivity index (χ4v) is 3.83. The van der Waals surface area contributed by atoms with Gasteiger partial charge >= 0.3 is 0 Å². The number of benzene rings is 2. The summed E-state index contributed by atoms with van der Waals surface area (Å²) < 4.78 is 0. The molecule has 3 aromatic rings. The number of nitrogens with zero attached hydrogens (tertiary/aromatic N) is 6. The molecule has 0 saturated carbocycles. The van der Waals surface area contributed by atoms with Gasteiger partial charge in [0.1, 0.15) is 0 Å². The highest BCUT2D eigenvalue weighted by molar-refractivity contribution is 7.14. The minimum atomic E-state index is -0.884. The van der Waals surface area contributed by atoms with Crippen molar-refractivity contribution in [1.29, 1.82) is 0 Å². The van der Waals surface area contributed by atoms with Gasteiger partial charge in [0.15, 0.2) is 6.04 Å². The molecular weight excluding hydrogens is 446 g/mol. The molecule has 2 heterocycles. The highest BCUT2D eigenvalue weighted by atomic mass is 32.1. The Balaban J connectivity index is 1.49. The van der Waals surface area contributed by atoms with Crippen LogP contribution in [0.2, 0.25) is 0 Å². The summed E-state index contributed by atoms with van der Waals surface area (Å²) in [6.45, 7) is 3.10. The molecule has 0 spiro atoms. The molecule has 0 saturated heterocycles. The monoisotopic (exact) mass is 463 g/mol. The number of nitro groups is 1. The number of non-ortho nitro benzene ring substituents is 1. The number of carbonyl (C=O) groups excluding carboxylic acids is 2. The summed E-state index contributed by atoms with van der Waals surface area (Å²) in [6, 6.07) is 11.9. The van der Waals surface area contributed by atoms with Crippen LogP contribution in [0, 0.1) is 10.1 Å². The van der Waals surface area contributed by atoms with Crippen LogP contribution in [0.1, 0.15) is 13.8 Å². The number of rotatable bonds is 6. The largest absolute Gasteiger partial charge is 0.326 e. The van der Waals surface area contributed by atoms with E-state index in [0.717, 1.165) is 0 Å². The van der Waals surface area contributed by atoms with Crippen molar-refractivity contribution in [2.45, 2.75) is 19.9 Å². The Labute approximate surface area is 191 Å². The average Bonchev–Trinajstić information content (AvgIpc) is 3.38. The van der Waals surface area contributed by atoms with E-state index in [2.05, 4.69) is 25.6 Å². The van der Waals surface area contributed by atoms with Gasteiger partial charge in [0.05, 0.1) is 22.0 Å². The predicted molar refractivity (Wildman–Crippen MR) is 124 cm³/mol. The lowest BCUT2D eigenvalue weighted by molar-refractivity contribution is -0.384. The normalized spacial score (nSPS) is 15.7. The zero-order valence-electron chi connectivity index (χ0n) is 17.5. The summed E-state index contributed by atoms with van der Waals surface area (Å²) in [4.78, 5) is 39.0. The summed E-state index contributed by atoms with van der Waals surface area (Å²) in [6.07, 6.45) is 0. The van der Waals surface area contributed by atoms with Gasteiger partial charge in [0, 0.05) is 35.7 Å². The van der Waals surface area contributed by atoms with Gasteiger partial charge in [-0.15, -0.1) is 11.3 Å². The van der Waals surface area contributed by atoms with E-state index in [1.807, 2.05) is 0 Å². The Morgan fingerprint density at radius 2 is 2.00 bits per heavy atom. The van der Waals surface area contributed by atoms with Crippen LogP contribution in [0.25, 0.3) is 11.3 Å². The van der Waals surface area contributed by atoms with Gasteiger partial charge in [-0.05, 0) is 31.2 Å².